The Labute approximate surface area is 137 Å². The summed E-state index contributed by atoms with van der Waals surface area (Å²) in [5.74, 6) is 0.986. The van der Waals surface area contributed by atoms with Gasteiger partial charge in [-0.2, -0.15) is 0 Å². The fourth-order valence-corrected chi connectivity index (χ4v) is 3.69. The molecule has 0 aliphatic carbocycles. The lowest BCUT2D eigenvalue weighted by Gasteiger charge is -2.31. The average molecular weight is 327 g/mol. The number of amides is 1. The number of benzene rings is 1. The van der Waals surface area contributed by atoms with Crippen molar-refractivity contribution in [2.24, 2.45) is 0 Å². The lowest BCUT2D eigenvalue weighted by molar-refractivity contribution is -0.121. The first-order valence-corrected chi connectivity index (χ1v) is 8.43. The van der Waals surface area contributed by atoms with Gasteiger partial charge in [-0.3, -0.25) is 9.69 Å². The van der Waals surface area contributed by atoms with E-state index in [2.05, 4.69) is 24.8 Å². The number of thiazole rings is 1. The first-order valence-electron chi connectivity index (χ1n) is 7.61. The zero-order valence-corrected chi connectivity index (χ0v) is 13.6. The number of nitrogens with zero attached hydrogens (tertiary/aromatic N) is 4. The molecular formula is C16H17N5OS. The third-order valence-electron chi connectivity index (χ3n) is 4.23. The lowest BCUT2D eigenvalue weighted by Crippen LogP contribution is -2.45. The van der Waals surface area contributed by atoms with Crippen molar-refractivity contribution in [1.82, 2.24) is 19.4 Å². The van der Waals surface area contributed by atoms with Crippen molar-refractivity contribution in [3.8, 4) is 0 Å². The number of hydrogen-bond donors (Lipinski definition) is 1. The highest BCUT2D eigenvalue weighted by Gasteiger charge is 2.26. The minimum Gasteiger partial charge on any atom is -0.333 e. The minimum atomic E-state index is -0.215. The largest absolute Gasteiger partial charge is 0.333 e. The van der Waals surface area contributed by atoms with Crippen molar-refractivity contribution < 1.29 is 4.79 Å². The summed E-state index contributed by atoms with van der Waals surface area (Å²) in [6, 6.07) is 7.68. The van der Waals surface area contributed by atoms with Crippen molar-refractivity contribution in [3.63, 3.8) is 0 Å². The van der Waals surface area contributed by atoms with Crippen LogP contribution in [0.4, 0.5) is 5.13 Å². The van der Waals surface area contributed by atoms with Crippen molar-refractivity contribution in [2.45, 2.75) is 26.1 Å². The maximum absolute atomic E-state index is 12.5. The van der Waals surface area contributed by atoms with Crippen LogP contribution in [0.25, 0.3) is 10.2 Å². The second-order valence-corrected chi connectivity index (χ2v) is 6.69. The van der Waals surface area contributed by atoms with Crippen molar-refractivity contribution in [2.75, 3.05) is 11.9 Å². The molecule has 7 heteroatoms. The van der Waals surface area contributed by atoms with Crippen LogP contribution in [0.1, 0.15) is 12.7 Å². The summed E-state index contributed by atoms with van der Waals surface area (Å²) >= 11 is 1.50. The zero-order valence-electron chi connectivity index (χ0n) is 12.8. The van der Waals surface area contributed by atoms with Gasteiger partial charge in [0.25, 0.3) is 0 Å². The van der Waals surface area contributed by atoms with Crippen LogP contribution in [0.3, 0.4) is 0 Å². The summed E-state index contributed by atoms with van der Waals surface area (Å²) in [5.41, 5.74) is 0.917. The van der Waals surface area contributed by atoms with Crippen molar-refractivity contribution in [3.05, 3.63) is 42.5 Å². The number of imidazole rings is 1. The third kappa shape index (κ3) is 2.73. The molecule has 1 aliphatic rings. The maximum atomic E-state index is 12.5. The fraction of sp³-hybridized carbons (Fsp3) is 0.312. The lowest BCUT2D eigenvalue weighted by atomic mass is 10.2. The van der Waals surface area contributed by atoms with Gasteiger partial charge in [0.1, 0.15) is 5.82 Å². The van der Waals surface area contributed by atoms with Gasteiger partial charge in [0, 0.05) is 25.5 Å². The fourth-order valence-electron chi connectivity index (χ4n) is 2.82. The molecule has 0 fully saturated rings. The van der Waals surface area contributed by atoms with Gasteiger partial charge in [0.05, 0.1) is 22.8 Å². The Morgan fingerprint density at radius 1 is 1.35 bits per heavy atom. The summed E-state index contributed by atoms with van der Waals surface area (Å²) < 4.78 is 3.21. The number of rotatable bonds is 3. The molecule has 0 saturated heterocycles. The van der Waals surface area contributed by atoms with Crippen molar-refractivity contribution >= 4 is 32.6 Å². The van der Waals surface area contributed by atoms with Gasteiger partial charge in [-0.1, -0.05) is 23.5 Å². The van der Waals surface area contributed by atoms with Crippen LogP contribution < -0.4 is 5.32 Å². The Balaban J connectivity index is 1.46. The zero-order chi connectivity index (χ0) is 15.8. The number of anilines is 1. The molecule has 0 spiro atoms. The molecule has 0 radical (unpaired) electrons. The first-order chi connectivity index (χ1) is 11.2. The normalized spacial score (nSPS) is 16.2. The molecule has 4 rings (SSSR count). The van der Waals surface area contributed by atoms with Gasteiger partial charge in [0.15, 0.2) is 5.13 Å². The summed E-state index contributed by atoms with van der Waals surface area (Å²) in [6.45, 7) is 4.34. The number of carbonyl (C=O) groups excluding carboxylic acids is 1. The number of fused-ring (bicyclic) bond motifs is 2. The van der Waals surface area contributed by atoms with E-state index in [1.807, 2.05) is 43.6 Å². The van der Waals surface area contributed by atoms with Gasteiger partial charge in [0.2, 0.25) is 5.91 Å². The van der Waals surface area contributed by atoms with E-state index < -0.39 is 0 Å². The highest BCUT2D eigenvalue weighted by molar-refractivity contribution is 7.22. The van der Waals surface area contributed by atoms with Gasteiger partial charge in [-0.25, -0.2) is 9.97 Å². The van der Waals surface area contributed by atoms with E-state index in [-0.39, 0.29) is 11.9 Å². The van der Waals surface area contributed by atoms with E-state index in [9.17, 15) is 4.79 Å². The molecular weight excluding hydrogens is 310 g/mol. The van der Waals surface area contributed by atoms with E-state index >= 15 is 0 Å². The van der Waals surface area contributed by atoms with E-state index in [0.29, 0.717) is 11.7 Å². The predicted octanol–water partition coefficient (Wildman–Crippen LogP) is 2.34. The molecule has 23 heavy (non-hydrogen) atoms. The molecule has 1 unspecified atom stereocenters. The standard InChI is InChI=1S/C16H17N5OS/c1-11(21-9-8-20-7-6-17-14(20)10-21)15(22)19-16-18-12-4-2-3-5-13(12)23-16/h2-7,11H,8-10H2,1H3,(H,18,19,22). The van der Waals surface area contributed by atoms with Crippen LogP contribution in [0.5, 0.6) is 0 Å². The summed E-state index contributed by atoms with van der Waals surface area (Å²) in [5, 5.41) is 3.60. The van der Waals surface area contributed by atoms with Crippen molar-refractivity contribution in [1.29, 1.82) is 0 Å². The van der Waals surface area contributed by atoms with E-state index in [0.717, 1.165) is 29.1 Å². The molecule has 6 nitrogen and oxygen atoms in total. The van der Waals surface area contributed by atoms with Crippen LogP contribution >= 0.6 is 11.3 Å². The molecule has 1 aliphatic heterocycles. The maximum Gasteiger partial charge on any atom is 0.243 e. The summed E-state index contributed by atoms with van der Waals surface area (Å²) in [7, 11) is 0. The molecule has 3 heterocycles. The Hall–Kier alpha value is -2.25. The van der Waals surface area contributed by atoms with E-state index in [4.69, 9.17) is 0 Å². The van der Waals surface area contributed by atoms with E-state index in [1.54, 1.807) is 0 Å². The number of para-hydroxylation sites is 1. The highest BCUT2D eigenvalue weighted by Crippen LogP contribution is 2.25. The predicted molar refractivity (Wildman–Crippen MR) is 90.3 cm³/mol. The van der Waals surface area contributed by atoms with Crippen LogP contribution in [-0.4, -0.2) is 37.9 Å². The Morgan fingerprint density at radius 2 is 2.22 bits per heavy atom. The first kappa shape index (κ1) is 14.3. The van der Waals surface area contributed by atoms with Gasteiger partial charge in [-0.15, -0.1) is 0 Å². The number of nitrogens with one attached hydrogen (secondary N) is 1. The van der Waals surface area contributed by atoms with Gasteiger partial charge < -0.3 is 9.88 Å². The molecule has 0 bridgehead atoms. The van der Waals surface area contributed by atoms with Crippen LogP contribution in [0.2, 0.25) is 0 Å². The number of hydrogen-bond acceptors (Lipinski definition) is 5. The monoisotopic (exact) mass is 327 g/mol. The molecule has 1 amide bonds. The highest BCUT2D eigenvalue weighted by atomic mass is 32.1. The SMILES string of the molecule is CC(C(=O)Nc1nc2ccccc2s1)N1CCn2ccnc2C1. The summed E-state index contributed by atoms with van der Waals surface area (Å²) in [6.07, 6.45) is 3.79. The second-order valence-electron chi connectivity index (χ2n) is 5.66. The third-order valence-corrected chi connectivity index (χ3v) is 5.18. The molecule has 2 aromatic heterocycles. The van der Waals surface area contributed by atoms with E-state index in [1.165, 1.54) is 11.3 Å². The molecule has 1 N–H and O–H groups in total. The van der Waals surface area contributed by atoms with Crippen LogP contribution in [-0.2, 0) is 17.9 Å². The van der Waals surface area contributed by atoms with Crippen LogP contribution in [0, 0.1) is 0 Å². The van der Waals surface area contributed by atoms with Crippen LogP contribution in [0.15, 0.2) is 36.7 Å². The second kappa shape index (κ2) is 5.75. The Morgan fingerprint density at radius 3 is 3.09 bits per heavy atom. The molecule has 0 saturated carbocycles. The number of carbonyl (C=O) groups is 1. The summed E-state index contributed by atoms with van der Waals surface area (Å²) in [4.78, 5) is 23.5. The molecule has 118 valence electrons. The quantitative estimate of drug-likeness (QED) is 0.802. The Kier molecular flexibility index (Phi) is 3.59. The smallest absolute Gasteiger partial charge is 0.243 e. The molecule has 1 atom stereocenters. The average Bonchev–Trinajstić information content (AvgIpc) is 3.18. The number of aromatic nitrogens is 3. The van der Waals surface area contributed by atoms with Gasteiger partial charge >= 0.3 is 0 Å². The molecule has 1 aromatic carbocycles. The molecule has 3 aromatic rings. The topological polar surface area (TPSA) is 63.1 Å². The van der Waals surface area contributed by atoms with Gasteiger partial charge in [-0.05, 0) is 19.1 Å². The Bertz CT molecular complexity index is 822. The minimum absolute atomic E-state index is 0.0240.